The van der Waals surface area contributed by atoms with E-state index in [1.165, 1.54) is 44.3 Å². The third-order valence-corrected chi connectivity index (χ3v) is 12.2. The highest BCUT2D eigenvalue weighted by atomic mass is 32.2. The molecule has 3 amide bonds. The molecule has 0 spiro atoms. The van der Waals surface area contributed by atoms with Gasteiger partial charge in [-0.2, -0.15) is 11.8 Å². The highest BCUT2D eigenvalue weighted by Gasteiger charge is 2.58. The summed E-state index contributed by atoms with van der Waals surface area (Å²) in [6, 6.07) is 27.7. The Labute approximate surface area is 306 Å². The maximum Gasteiger partial charge on any atom is 0.411 e. The molecule has 3 aromatic rings. The van der Waals surface area contributed by atoms with Gasteiger partial charge in [-0.1, -0.05) is 110 Å². The topological polar surface area (TPSA) is 73.4 Å². The fourth-order valence-electron chi connectivity index (χ4n) is 8.14. The van der Waals surface area contributed by atoms with Gasteiger partial charge >= 0.3 is 6.09 Å². The third kappa shape index (κ3) is 8.36. The summed E-state index contributed by atoms with van der Waals surface area (Å²) in [6.07, 6.45) is 10.7. The molecule has 0 aliphatic carbocycles. The minimum absolute atomic E-state index is 0.0126. The van der Waals surface area contributed by atoms with Crippen molar-refractivity contribution >= 4 is 35.7 Å². The van der Waals surface area contributed by atoms with Crippen molar-refractivity contribution in [3.05, 3.63) is 114 Å². The summed E-state index contributed by atoms with van der Waals surface area (Å²) in [5, 5.41) is 0. The van der Waals surface area contributed by atoms with Crippen LogP contribution in [-0.2, 0) is 20.1 Å². The zero-order chi connectivity index (χ0) is 35.0. The molecule has 0 bridgehead atoms. The van der Waals surface area contributed by atoms with Gasteiger partial charge in [-0.05, 0) is 74.3 Å². The number of thioether (sulfide) groups is 1. The SMILES string of the molecule is O=C([C@@H](CSCc1ccccc1)N1C(=O)[C@@H](N2C(=O)OC[C@@H]2c2ccccc2)[C@H]1C=Cc1ccccc1)N1CCC(CCN2CCCCC2)CC1. The van der Waals surface area contributed by atoms with Gasteiger partial charge in [-0.3, -0.25) is 14.5 Å². The van der Waals surface area contributed by atoms with Crippen LogP contribution in [0.3, 0.4) is 0 Å². The van der Waals surface area contributed by atoms with Gasteiger partial charge in [0.15, 0.2) is 0 Å². The molecule has 4 fully saturated rings. The van der Waals surface area contributed by atoms with Crippen molar-refractivity contribution in [1.82, 2.24) is 19.6 Å². The average Bonchev–Trinajstić information content (AvgIpc) is 3.56. The Bertz CT molecular complexity index is 1630. The molecular formula is C42H50N4O4S. The maximum absolute atomic E-state index is 14.6. The lowest BCUT2D eigenvalue weighted by Crippen LogP contribution is -2.74. The van der Waals surface area contributed by atoms with Crippen LogP contribution in [0, 0.1) is 5.92 Å². The highest BCUT2D eigenvalue weighted by molar-refractivity contribution is 7.98. The number of benzene rings is 3. The molecule has 51 heavy (non-hydrogen) atoms. The summed E-state index contributed by atoms with van der Waals surface area (Å²) in [7, 11) is 0. The number of carbonyl (C=O) groups excluding carboxylic acids is 3. The van der Waals surface area contributed by atoms with Gasteiger partial charge in [-0.25, -0.2) is 4.79 Å². The monoisotopic (exact) mass is 706 g/mol. The van der Waals surface area contributed by atoms with Crippen LogP contribution in [-0.4, -0.2) is 101 Å². The number of hydrogen-bond donors (Lipinski definition) is 0. The molecule has 9 heteroatoms. The van der Waals surface area contributed by atoms with E-state index in [0.29, 0.717) is 24.8 Å². The zero-order valence-corrected chi connectivity index (χ0v) is 30.2. The Morgan fingerprint density at radius 1 is 0.843 bits per heavy atom. The Morgan fingerprint density at radius 3 is 2.22 bits per heavy atom. The van der Waals surface area contributed by atoms with Crippen LogP contribution in [0.4, 0.5) is 4.79 Å². The Hall–Kier alpha value is -4.08. The fraction of sp³-hybridized carbons (Fsp3) is 0.452. The van der Waals surface area contributed by atoms with E-state index in [9.17, 15) is 14.4 Å². The van der Waals surface area contributed by atoms with Gasteiger partial charge in [0.2, 0.25) is 11.8 Å². The summed E-state index contributed by atoms with van der Waals surface area (Å²) in [5.74, 6) is 1.65. The normalized spacial score (nSPS) is 23.8. The van der Waals surface area contributed by atoms with Gasteiger partial charge in [0.25, 0.3) is 0 Å². The summed E-state index contributed by atoms with van der Waals surface area (Å²) in [6.45, 7) is 5.20. The number of nitrogens with zero attached hydrogens (tertiary/aromatic N) is 4. The number of carbonyl (C=O) groups is 3. The van der Waals surface area contributed by atoms with Crippen LogP contribution in [0.5, 0.6) is 0 Å². The number of β-lactam (4-membered cyclic amide) rings is 1. The molecule has 4 atom stereocenters. The van der Waals surface area contributed by atoms with Crippen molar-refractivity contribution in [2.45, 2.75) is 68.4 Å². The molecule has 7 rings (SSSR count). The van der Waals surface area contributed by atoms with Gasteiger partial charge in [0.1, 0.15) is 18.7 Å². The van der Waals surface area contributed by atoms with Gasteiger partial charge < -0.3 is 19.4 Å². The number of piperidine rings is 2. The molecular weight excluding hydrogens is 657 g/mol. The van der Waals surface area contributed by atoms with Gasteiger partial charge in [0.05, 0.1) is 12.1 Å². The number of likely N-dealkylation sites (tertiary alicyclic amines) is 3. The second-order valence-electron chi connectivity index (χ2n) is 14.3. The van der Waals surface area contributed by atoms with Crippen molar-refractivity contribution in [1.29, 1.82) is 0 Å². The van der Waals surface area contributed by atoms with Crippen molar-refractivity contribution in [3.8, 4) is 0 Å². The summed E-state index contributed by atoms with van der Waals surface area (Å²) < 4.78 is 5.58. The molecule has 3 aromatic carbocycles. The molecule has 8 nitrogen and oxygen atoms in total. The lowest BCUT2D eigenvalue weighted by molar-refractivity contribution is -0.164. The summed E-state index contributed by atoms with van der Waals surface area (Å²) >= 11 is 1.68. The number of ether oxygens (including phenoxy) is 1. The molecule has 4 heterocycles. The van der Waals surface area contributed by atoms with E-state index in [4.69, 9.17) is 4.74 Å². The molecule has 4 aliphatic rings. The van der Waals surface area contributed by atoms with Crippen LogP contribution in [0.2, 0.25) is 0 Å². The average molecular weight is 707 g/mol. The molecule has 0 aromatic heterocycles. The van der Waals surface area contributed by atoms with Crippen LogP contribution < -0.4 is 0 Å². The molecule has 0 N–H and O–H groups in total. The minimum atomic E-state index is -0.764. The van der Waals surface area contributed by atoms with Crippen molar-refractivity contribution in [2.75, 3.05) is 45.1 Å². The number of hydrogen-bond acceptors (Lipinski definition) is 6. The largest absolute Gasteiger partial charge is 0.447 e. The predicted octanol–water partition coefficient (Wildman–Crippen LogP) is 6.89. The third-order valence-electron chi connectivity index (χ3n) is 11.1. The van der Waals surface area contributed by atoms with Gasteiger partial charge in [0, 0.05) is 24.6 Å². The first-order chi connectivity index (χ1) is 25.1. The number of rotatable bonds is 13. The Morgan fingerprint density at radius 2 is 1.51 bits per heavy atom. The van der Waals surface area contributed by atoms with E-state index in [2.05, 4.69) is 17.0 Å². The first-order valence-electron chi connectivity index (χ1n) is 18.7. The molecule has 4 saturated heterocycles. The first-order valence-corrected chi connectivity index (χ1v) is 19.9. The second-order valence-corrected chi connectivity index (χ2v) is 15.4. The van der Waals surface area contributed by atoms with E-state index in [-0.39, 0.29) is 24.5 Å². The Kier molecular flexibility index (Phi) is 11.7. The zero-order valence-electron chi connectivity index (χ0n) is 29.4. The van der Waals surface area contributed by atoms with E-state index >= 15 is 0 Å². The quantitative estimate of drug-likeness (QED) is 0.181. The Balaban J connectivity index is 1.12. The second kappa shape index (κ2) is 17.0. The van der Waals surface area contributed by atoms with Crippen LogP contribution >= 0.6 is 11.8 Å². The predicted molar refractivity (Wildman–Crippen MR) is 203 cm³/mol. The maximum atomic E-state index is 14.6. The van der Waals surface area contributed by atoms with E-state index < -0.39 is 24.2 Å². The fourth-order valence-corrected chi connectivity index (χ4v) is 9.21. The summed E-state index contributed by atoms with van der Waals surface area (Å²) in [5.41, 5.74) is 3.10. The smallest absolute Gasteiger partial charge is 0.411 e. The first kappa shape index (κ1) is 35.3. The van der Waals surface area contributed by atoms with Crippen LogP contribution in [0.15, 0.2) is 97.1 Å². The van der Waals surface area contributed by atoms with Crippen molar-refractivity contribution < 1.29 is 19.1 Å². The molecule has 0 radical (unpaired) electrons. The van der Waals surface area contributed by atoms with Crippen LogP contribution in [0.25, 0.3) is 6.08 Å². The lowest BCUT2D eigenvalue weighted by Gasteiger charge is -2.53. The molecule has 0 saturated carbocycles. The van der Waals surface area contributed by atoms with Crippen molar-refractivity contribution in [2.24, 2.45) is 5.92 Å². The van der Waals surface area contributed by atoms with E-state index in [1.54, 1.807) is 21.6 Å². The van der Waals surface area contributed by atoms with Gasteiger partial charge in [-0.15, -0.1) is 0 Å². The molecule has 4 aliphatic heterocycles. The lowest BCUT2D eigenvalue weighted by atomic mass is 9.88. The molecule has 268 valence electrons. The van der Waals surface area contributed by atoms with E-state index in [0.717, 1.165) is 36.3 Å². The van der Waals surface area contributed by atoms with E-state index in [1.807, 2.05) is 95.9 Å². The standard InChI is InChI=1S/C42H50N4O4S/c47-40(44-27-22-33(23-28-44)21-26-43-24-11-4-12-25-43)38(31-51-30-34-15-7-2-8-16-34)45-36(20-19-32-13-5-1-6-14-32)39(41(45)48)46-37(29-50-42(46)49)35-17-9-3-10-18-35/h1-3,5-10,13-20,33,36-39H,4,11-12,21-31H2/t36-,37-,38-,39+/m1/s1. The number of cyclic esters (lactones) is 1. The van der Waals surface area contributed by atoms with Crippen LogP contribution in [0.1, 0.15) is 61.3 Å². The summed E-state index contributed by atoms with van der Waals surface area (Å²) in [4.78, 5) is 50.4. The highest BCUT2D eigenvalue weighted by Crippen LogP contribution is 2.39. The van der Waals surface area contributed by atoms with Crippen molar-refractivity contribution in [3.63, 3.8) is 0 Å². The molecule has 0 unspecified atom stereocenters. The minimum Gasteiger partial charge on any atom is -0.447 e. The number of amides is 3.